The summed E-state index contributed by atoms with van der Waals surface area (Å²) in [5, 5.41) is -2.33. The molecule has 1 aliphatic heterocycles. The lowest BCUT2D eigenvalue weighted by Gasteiger charge is -2.44. The van der Waals surface area contributed by atoms with Crippen LogP contribution < -0.4 is 4.74 Å². The highest BCUT2D eigenvalue weighted by Gasteiger charge is 2.46. The molecule has 0 aliphatic carbocycles. The lowest BCUT2D eigenvalue weighted by atomic mass is 9.84. The molecule has 1 heterocycles. The van der Waals surface area contributed by atoms with Crippen LogP contribution in [0.1, 0.15) is 58.2 Å². The minimum Gasteiger partial charge on any atom is -0.743 e. The largest absolute Gasteiger partial charge is 0.743 e. The van der Waals surface area contributed by atoms with Crippen molar-refractivity contribution < 1.29 is 36.0 Å². The standard InChI is InChI=1S/C41H42F2O6S2/c1-28(41(42,43)51(44,45)46)49-34-17-23-37(24-18-34)50(35-19-13-31(14-20-35)38(2,3)4)36-21-15-32(16-22-36)40(27-47-39(5,6)26-48-40)33-12-11-29-9-7-8-10-30(29)25-33/h7-25,28H,26-27H2,1-6H3. The van der Waals surface area contributed by atoms with Crippen LogP contribution in [0.4, 0.5) is 8.78 Å². The summed E-state index contributed by atoms with van der Waals surface area (Å²) in [6.45, 7) is 12.1. The Hall–Kier alpha value is -3.80. The minimum absolute atomic E-state index is 0.0197. The van der Waals surface area contributed by atoms with Gasteiger partial charge in [0.1, 0.15) is 11.4 Å². The first kappa shape index (κ1) is 37.0. The van der Waals surface area contributed by atoms with Crippen molar-refractivity contribution in [2.75, 3.05) is 13.2 Å². The van der Waals surface area contributed by atoms with E-state index in [1.165, 1.54) is 17.7 Å². The van der Waals surface area contributed by atoms with Crippen molar-refractivity contribution in [3.63, 3.8) is 0 Å². The number of hydrogen-bond acceptors (Lipinski definition) is 6. The summed E-state index contributed by atoms with van der Waals surface area (Å²) in [5.74, 6) is 0.0197. The number of fused-ring (bicyclic) bond motifs is 1. The summed E-state index contributed by atoms with van der Waals surface area (Å²) < 4.78 is 80.1. The number of ether oxygens (including phenoxy) is 3. The highest BCUT2D eigenvalue weighted by Crippen LogP contribution is 2.42. The molecule has 1 aliphatic rings. The summed E-state index contributed by atoms with van der Waals surface area (Å²) in [6.07, 6.45) is -2.17. The number of halogens is 2. The normalized spacial score (nSPS) is 19.4. The molecule has 6 rings (SSSR count). The number of alkyl halides is 2. The Morgan fingerprint density at radius 3 is 1.80 bits per heavy atom. The summed E-state index contributed by atoms with van der Waals surface area (Å²) >= 11 is 0. The fraction of sp³-hybridized carbons (Fsp3) is 0.317. The molecule has 51 heavy (non-hydrogen) atoms. The molecule has 3 unspecified atom stereocenters. The summed E-state index contributed by atoms with van der Waals surface area (Å²) in [6, 6.07) is 38.0. The van der Waals surface area contributed by atoms with Gasteiger partial charge >= 0.3 is 5.25 Å². The van der Waals surface area contributed by atoms with Crippen LogP contribution in [0.15, 0.2) is 130 Å². The zero-order chi connectivity index (χ0) is 36.8. The fourth-order valence-corrected chi connectivity index (χ4v) is 8.60. The summed E-state index contributed by atoms with van der Waals surface area (Å²) in [4.78, 5) is 2.95. The van der Waals surface area contributed by atoms with E-state index >= 15 is 0 Å². The molecule has 1 fully saturated rings. The van der Waals surface area contributed by atoms with Crippen LogP contribution in [0.2, 0.25) is 0 Å². The van der Waals surface area contributed by atoms with E-state index in [1.54, 1.807) is 12.1 Å². The van der Waals surface area contributed by atoms with E-state index in [4.69, 9.17) is 14.2 Å². The molecular weight excluding hydrogens is 691 g/mol. The molecule has 5 aromatic carbocycles. The van der Waals surface area contributed by atoms with Gasteiger partial charge in [0.05, 0.1) is 29.7 Å². The minimum atomic E-state index is -5.90. The lowest BCUT2D eigenvalue weighted by Crippen LogP contribution is -2.49. The summed E-state index contributed by atoms with van der Waals surface area (Å²) in [7, 11) is -6.53. The van der Waals surface area contributed by atoms with E-state index < -0.39 is 43.6 Å². The Kier molecular flexibility index (Phi) is 9.89. The second-order valence-electron chi connectivity index (χ2n) is 14.6. The van der Waals surface area contributed by atoms with Gasteiger partial charge in [0, 0.05) is 0 Å². The second-order valence-corrected chi connectivity index (χ2v) is 18.1. The van der Waals surface area contributed by atoms with Crippen LogP contribution in [0.3, 0.4) is 0 Å². The highest BCUT2D eigenvalue weighted by molar-refractivity contribution is 7.97. The molecule has 0 amide bonds. The molecule has 1 saturated heterocycles. The number of benzene rings is 5. The maximum absolute atomic E-state index is 14.1. The van der Waals surface area contributed by atoms with Gasteiger partial charge in [-0.15, -0.1) is 0 Å². The topological polar surface area (TPSA) is 84.9 Å². The van der Waals surface area contributed by atoms with Crippen LogP contribution in [-0.2, 0) is 41.5 Å². The third-order valence-electron chi connectivity index (χ3n) is 9.24. The van der Waals surface area contributed by atoms with Crippen molar-refractivity contribution in [1.82, 2.24) is 0 Å². The van der Waals surface area contributed by atoms with E-state index in [1.807, 2.05) is 26.0 Å². The van der Waals surface area contributed by atoms with E-state index in [0.717, 1.165) is 43.5 Å². The first-order valence-electron chi connectivity index (χ1n) is 16.7. The van der Waals surface area contributed by atoms with E-state index in [-0.39, 0.29) is 11.2 Å². The van der Waals surface area contributed by atoms with Crippen LogP contribution in [-0.4, -0.2) is 43.1 Å². The second kappa shape index (κ2) is 13.6. The van der Waals surface area contributed by atoms with Crippen LogP contribution in [0, 0.1) is 0 Å². The van der Waals surface area contributed by atoms with Gasteiger partial charge in [-0.05, 0) is 108 Å². The first-order valence-corrected chi connectivity index (χ1v) is 19.4. The van der Waals surface area contributed by atoms with Gasteiger partial charge in [0.15, 0.2) is 30.9 Å². The predicted molar refractivity (Wildman–Crippen MR) is 196 cm³/mol. The van der Waals surface area contributed by atoms with Crippen LogP contribution >= 0.6 is 0 Å². The molecule has 0 radical (unpaired) electrons. The SMILES string of the molecule is CC(Oc1ccc([S+](c2ccc(C(C)(C)C)cc2)c2ccc(C3(c4ccc5ccccc5c4)COC(C)(C)CO3)cc2)cc1)C(F)(F)S(=O)(=O)[O-]. The van der Waals surface area contributed by atoms with Gasteiger partial charge in [-0.1, -0.05) is 81.4 Å². The molecule has 0 N–H and O–H groups in total. The molecule has 5 aromatic rings. The number of rotatable bonds is 9. The van der Waals surface area contributed by atoms with Crippen molar-refractivity contribution >= 4 is 31.8 Å². The molecule has 6 nitrogen and oxygen atoms in total. The molecule has 0 aromatic heterocycles. The maximum atomic E-state index is 14.1. The predicted octanol–water partition coefficient (Wildman–Crippen LogP) is 9.21. The Labute approximate surface area is 301 Å². The van der Waals surface area contributed by atoms with Crippen molar-refractivity contribution in [3.8, 4) is 5.75 Å². The maximum Gasteiger partial charge on any atom is 0.369 e. The third-order valence-corrected chi connectivity index (χ3v) is 12.5. The van der Waals surface area contributed by atoms with E-state index in [2.05, 4.69) is 99.6 Å². The van der Waals surface area contributed by atoms with Gasteiger partial charge in [-0.25, -0.2) is 8.42 Å². The van der Waals surface area contributed by atoms with Crippen LogP contribution in [0.5, 0.6) is 5.75 Å². The van der Waals surface area contributed by atoms with Gasteiger partial charge in [0.2, 0.25) is 0 Å². The van der Waals surface area contributed by atoms with Crippen molar-refractivity contribution in [2.45, 2.75) is 84.2 Å². The van der Waals surface area contributed by atoms with Crippen molar-refractivity contribution in [3.05, 3.63) is 132 Å². The molecule has 10 heteroatoms. The van der Waals surface area contributed by atoms with Crippen molar-refractivity contribution in [1.29, 1.82) is 0 Å². The molecule has 0 bridgehead atoms. The smallest absolute Gasteiger partial charge is 0.369 e. The van der Waals surface area contributed by atoms with Crippen LogP contribution in [0.25, 0.3) is 10.8 Å². The Bertz CT molecular complexity index is 2100. The average molecular weight is 733 g/mol. The zero-order valence-corrected chi connectivity index (χ0v) is 31.1. The quantitative estimate of drug-likeness (QED) is 0.111. The lowest BCUT2D eigenvalue weighted by molar-refractivity contribution is -0.212. The van der Waals surface area contributed by atoms with Crippen molar-refractivity contribution in [2.24, 2.45) is 0 Å². The highest BCUT2D eigenvalue weighted by atomic mass is 32.2. The molecule has 0 saturated carbocycles. The zero-order valence-electron chi connectivity index (χ0n) is 29.5. The summed E-state index contributed by atoms with van der Waals surface area (Å²) in [5.41, 5.74) is 1.84. The average Bonchev–Trinajstić information content (AvgIpc) is 3.09. The number of hydrogen-bond donors (Lipinski definition) is 0. The molecule has 268 valence electrons. The van der Waals surface area contributed by atoms with Gasteiger partial charge in [-0.2, -0.15) is 8.78 Å². The fourth-order valence-electron chi connectivity index (χ4n) is 6.11. The Balaban J connectivity index is 1.38. The van der Waals surface area contributed by atoms with Gasteiger partial charge < -0.3 is 18.8 Å². The van der Waals surface area contributed by atoms with E-state index in [9.17, 15) is 21.8 Å². The third kappa shape index (κ3) is 7.57. The Morgan fingerprint density at radius 1 is 0.745 bits per heavy atom. The Morgan fingerprint density at radius 2 is 1.27 bits per heavy atom. The van der Waals surface area contributed by atoms with Gasteiger partial charge in [0.25, 0.3) is 0 Å². The molecule has 3 atom stereocenters. The van der Waals surface area contributed by atoms with E-state index in [0.29, 0.717) is 13.2 Å². The molecule has 0 spiro atoms. The monoisotopic (exact) mass is 732 g/mol. The first-order chi connectivity index (χ1) is 23.9. The molecular formula is C41H42F2O6S2. The van der Waals surface area contributed by atoms with Gasteiger partial charge in [-0.3, -0.25) is 0 Å².